The van der Waals surface area contributed by atoms with E-state index in [-0.39, 0.29) is 17.3 Å². The van der Waals surface area contributed by atoms with Crippen molar-refractivity contribution in [2.24, 2.45) is 5.73 Å². The Morgan fingerprint density at radius 3 is 2.33 bits per heavy atom. The minimum Gasteiger partial charge on any atom is -0.383 e. The van der Waals surface area contributed by atoms with Crippen LogP contribution in [0.5, 0.6) is 0 Å². The van der Waals surface area contributed by atoms with Crippen molar-refractivity contribution >= 4 is 17.6 Å². The molecule has 0 atom stereocenters. The van der Waals surface area contributed by atoms with Crippen molar-refractivity contribution in [3.63, 3.8) is 0 Å². The summed E-state index contributed by atoms with van der Waals surface area (Å²) in [5.41, 5.74) is 14.5. The molecule has 1 aromatic heterocycles. The lowest BCUT2D eigenvalue weighted by molar-refractivity contribution is 0.0643. The SMILES string of the molecule is Cc1cc(-c2cnc(N)c(C(N)=O)c2)ccc1C(=O)N1CCC(N2CCCC2)CC1. The summed E-state index contributed by atoms with van der Waals surface area (Å²) >= 11 is 0. The molecule has 0 bridgehead atoms. The van der Waals surface area contributed by atoms with Gasteiger partial charge in [0.05, 0.1) is 5.56 Å². The highest BCUT2D eigenvalue weighted by atomic mass is 16.2. The zero-order valence-electron chi connectivity index (χ0n) is 17.4. The highest BCUT2D eigenvalue weighted by molar-refractivity contribution is 5.99. The number of piperidine rings is 1. The van der Waals surface area contributed by atoms with Crippen LogP contribution < -0.4 is 11.5 Å². The van der Waals surface area contributed by atoms with Gasteiger partial charge in [-0.05, 0) is 69.0 Å². The Labute approximate surface area is 177 Å². The lowest BCUT2D eigenvalue weighted by Crippen LogP contribution is -2.46. The maximum atomic E-state index is 13.1. The Hall–Kier alpha value is -2.93. The lowest BCUT2D eigenvalue weighted by atomic mass is 9.97. The molecule has 1 aromatic carbocycles. The van der Waals surface area contributed by atoms with Gasteiger partial charge in [0.1, 0.15) is 5.82 Å². The number of amides is 2. The first kappa shape index (κ1) is 20.3. The van der Waals surface area contributed by atoms with Crippen molar-refractivity contribution in [1.82, 2.24) is 14.8 Å². The van der Waals surface area contributed by atoms with Crippen molar-refractivity contribution in [2.45, 2.75) is 38.6 Å². The van der Waals surface area contributed by atoms with Gasteiger partial charge in [0.15, 0.2) is 0 Å². The summed E-state index contributed by atoms with van der Waals surface area (Å²) in [5.74, 6) is -0.401. The Morgan fingerprint density at radius 2 is 1.70 bits per heavy atom. The van der Waals surface area contributed by atoms with Gasteiger partial charge in [-0.15, -0.1) is 0 Å². The molecule has 0 spiro atoms. The summed E-state index contributed by atoms with van der Waals surface area (Å²) in [6.07, 6.45) is 6.32. The molecule has 0 saturated carbocycles. The van der Waals surface area contributed by atoms with Crippen molar-refractivity contribution in [2.75, 3.05) is 31.9 Å². The first-order chi connectivity index (χ1) is 14.4. The number of carbonyl (C=O) groups is 2. The third kappa shape index (κ3) is 4.03. The van der Waals surface area contributed by atoms with Crippen LogP contribution in [0.25, 0.3) is 11.1 Å². The lowest BCUT2D eigenvalue weighted by Gasteiger charge is -2.36. The zero-order chi connectivity index (χ0) is 21.3. The Kier molecular flexibility index (Phi) is 5.72. The van der Waals surface area contributed by atoms with Crippen LogP contribution in [0.4, 0.5) is 5.82 Å². The van der Waals surface area contributed by atoms with Gasteiger partial charge in [-0.2, -0.15) is 0 Å². The Bertz CT molecular complexity index is 960. The fourth-order valence-electron chi connectivity index (χ4n) is 4.62. The molecule has 2 fully saturated rings. The van der Waals surface area contributed by atoms with Crippen LogP contribution in [0.15, 0.2) is 30.5 Å². The number of nitrogens with two attached hydrogens (primary N) is 2. The topological polar surface area (TPSA) is 106 Å². The van der Waals surface area contributed by atoms with E-state index in [9.17, 15) is 9.59 Å². The van der Waals surface area contributed by atoms with E-state index in [4.69, 9.17) is 11.5 Å². The number of nitrogen functional groups attached to an aromatic ring is 1. The molecule has 158 valence electrons. The molecule has 2 aromatic rings. The fraction of sp³-hybridized carbons (Fsp3) is 0.435. The van der Waals surface area contributed by atoms with Gasteiger partial charge >= 0.3 is 0 Å². The summed E-state index contributed by atoms with van der Waals surface area (Å²) in [6, 6.07) is 7.96. The predicted molar refractivity (Wildman–Crippen MR) is 117 cm³/mol. The maximum Gasteiger partial charge on any atom is 0.254 e. The molecule has 7 nitrogen and oxygen atoms in total. The van der Waals surface area contributed by atoms with Crippen LogP contribution >= 0.6 is 0 Å². The smallest absolute Gasteiger partial charge is 0.254 e. The van der Waals surface area contributed by atoms with E-state index < -0.39 is 5.91 Å². The Morgan fingerprint density at radius 1 is 1.00 bits per heavy atom. The molecule has 0 radical (unpaired) electrons. The van der Waals surface area contributed by atoms with Crippen molar-refractivity contribution < 1.29 is 9.59 Å². The second-order valence-electron chi connectivity index (χ2n) is 8.32. The summed E-state index contributed by atoms with van der Waals surface area (Å²) in [4.78, 5) is 33.3. The number of nitrogens with zero attached hydrogens (tertiary/aromatic N) is 3. The standard InChI is InChI=1S/C23H29N5O2/c1-15-12-16(17-13-20(22(25)29)21(24)26-14-17)4-5-19(15)23(30)28-10-6-18(7-11-28)27-8-2-3-9-27/h4-5,12-14,18H,2-3,6-11H2,1H3,(H2,24,26)(H2,25,29). The van der Waals surface area contributed by atoms with E-state index in [1.807, 2.05) is 30.0 Å². The second-order valence-corrected chi connectivity index (χ2v) is 8.32. The van der Waals surface area contributed by atoms with Crippen LogP contribution in [0.3, 0.4) is 0 Å². The quantitative estimate of drug-likeness (QED) is 0.810. The number of hydrogen-bond acceptors (Lipinski definition) is 5. The Balaban J connectivity index is 1.47. The number of aryl methyl sites for hydroxylation is 1. The van der Waals surface area contributed by atoms with Crippen molar-refractivity contribution in [1.29, 1.82) is 0 Å². The minimum atomic E-state index is -0.609. The van der Waals surface area contributed by atoms with E-state index in [1.54, 1.807) is 12.3 Å². The second kappa shape index (κ2) is 8.44. The molecule has 2 amide bonds. The molecular weight excluding hydrogens is 378 g/mol. The van der Waals surface area contributed by atoms with Gasteiger partial charge in [-0.1, -0.05) is 12.1 Å². The van der Waals surface area contributed by atoms with Crippen LogP contribution in [0.2, 0.25) is 0 Å². The third-order valence-electron chi connectivity index (χ3n) is 6.38. The number of benzene rings is 1. The van der Waals surface area contributed by atoms with Crippen molar-refractivity contribution in [3.8, 4) is 11.1 Å². The van der Waals surface area contributed by atoms with Crippen LogP contribution in [-0.4, -0.2) is 58.8 Å². The van der Waals surface area contributed by atoms with E-state index in [2.05, 4.69) is 9.88 Å². The highest BCUT2D eigenvalue weighted by Gasteiger charge is 2.29. The van der Waals surface area contributed by atoms with E-state index in [0.717, 1.165) is 48.2 Å². The summed E-state index contributed by atoms with van der Waals surface area (Å²) in [6.45, 7) is 5.97. The molecule has 2 aliphatic heterocycles. The van der Waals surface area contributed by atoms with Crippen molar-refractivity contribution in [3.05, 3.63) is 47.2 Å². The largest absolute Gasteiger partial charge is 0.383 e. The van der Waals surface area contributed by atoms with Crippen LogP contribution in [0.1, 0.15) is 52.0 Å². The first-order valence-corrected chi connectivity index (χ1v) is 10.6. The van der Waals surface area contributed by atoms with Gasteiger partial charge in [0.2, 0.25) is 0 Å². The average molecular weight is 408 g/mol. The van der Waals surface area contributed by atoms with Gasteiger partial charge in [-0.3, -0.25) is 9.59 Å². The molecule has 7 heteroatoms. The normalized spacial score (nSPS) is 18.0. The molecule has 0 unspecified atom stereocenters. The molecule has 30 heavy (non-hydrogen) atoms. The number of hydrogen-bond donors (Lipinski definition) is 2. The summed E-state index contributed by atoms with van der Waals surface area (Å²) in [5, 5.41) is 0. The van der Waals surface area contributed by atoms with Gasteiger partial charge < -0.3 is 21.3 Å². The first-order valence-electron chi connectivity index (χ1n) is 10.6. The number of likely N-dealkylation sites (tertiary alicyclic amines) is 2. The van der Waals surface area contributed by atoms with Gasteiger partial charge in [0, 0.05) is 36.5 Å². The molecule has 2 saturated heterocycles. The predicted octanol–water partition coefficient (Wildman–Crippen LogP) is 2.44. The zero-order valence-corrected chi connectivity index (χ0v) is 17.4. The van der Waals surface area contributed by atoms with E-state index in [1.165, 1.54) is 25.9 Å². The number of anilines is 1. The number of aromatic nitrogens is 1. The van der Waals surface area contributed by atoms with Crippen LogP contribution in [0, 0.1) is 6.92 Å². The van der Waals surface area contributed by atoms with Gasteiger partial charge in [0.25, 0.3) is 11.8 Å². The maximum absolute atomic E-state index is 13.1. The van der Waals surface area contributed by atoms with E-state index >= 15 is 0 Å². The van der Waals surface area contributed by atoms with Crippen LogP contribution in [-0.2, 0) is 0 Å². The molecule has 4 N–H and O–H groups in total. The number of carbonyl (C=O) groups excluding carboxylic acids is 2. The molecule has 4 rings (SSSR count). The molecule has 0 aliphatic carbocycles. The molecule has 3 heterocycles. The summed E-state index contributed by atoms with van der Waals surface area (Å²) in [7, 11) is 0. The highest BCUT2D eigenvalue weighted by Crippen LogP contribution is 2.26. The van der Waals surface area contributed by atoms with Gasteiger partial charge in [-0.25, -0.2) is 4.98 Å². The summed E-state index contributed by atoms with van der Waals surface area (Å²) < 4.78 is 0. The number of rotatable bonds is 4. The number of pyridine rings is 1. The molecule has 2 aliphatic rings. The monoisotopic (exact) mass is 407 g/mol. The third-order valence-corrected chi connectivity index (χ3v) is 6.38. The average Bonchev–Trinajstić information content (AvgIpc) is 3.28. The number of primary amides is 1. The minimum absolute atomic E-state index is 0.0900. The fourth-order valence-corrected chi connectivity index (χ4v) is 4.62. The molecular formula is C23H29N5O2. The van der Waals surface area contributed by atoms with E-state index in [0.29, 0.717) is 6.04 Å².